The van der Waals surface area contributed by atoms with Gasteiger partial charge < -0.3 is 37.0 Å². The number of unbranched alkanes of at least 4 members (excludes halogenated alkanes) is 10. The molecule has 0 bridgehead atoms. The van der Waals surface area contributed by atoms with Crippen molar-refractivity contribution >= 4 is 92.6 Å². The Bertz CT molecular complexity index is 1020. The highest BCUT2D eigenvalue weighted by Crippen LogP contribution is 2.67. The van der Waals surface area contributed by atoms with Crippen LogP contribution < -0.4 is 0 Å². The molecule has 0 saturated carbocycles. The second-order valence-corrected chi connectivity index (χ2v) is 33.5. The summed E-state index contributed by atoms with van der Waals surface area (Å²) in [5.74, 6) is 1.07. The molecule has 18 heteroatoms. The molecule has 0 heterocycles. The maximum Gasteiger partial charge on any atom is 0.306 e. The van der Waals surface area contributed by atoms with E-state index in [1.165, 1.54) is 85.5 Å². The van der Waals surface area contributed by atoms with Crippen molar-refractivity contribution in [1.82, 2.24) is 0 Å². The number of ether oxygens (including phenoxy) is 1. The maximum atomic E-state index is 12.5. The molecule has 2 unspecified atom stereocenters. The smallest absolute Gasteiger partial charge is 0.306 e. The van der Waals surface area contributed by atoms with Gasteiger partial charge in [-0.15, -0.1) is 0 Å². The Kier molecular flexibility index (Phi) is 35.1. The molecule has 2 atom stereocenters. The molecule has 0 saturated heterocycles. The van der Waals surface area contributed by atoms with E-state index in [2.05, 4.69) is 13.8 Å². The summed E-state index contributed by atoms with van der Waals surface area (Å²) in [6.07, 6.45) is 14.7. The van der Waals surface area contributed by atoms with Crippen LogP contribution in [-0.4, -0.2) is 78.2 Å². The zero-order valence-electron chi connectivity index (χ0n) is 35.6. The van der Waals surface area contributed by atoms with E-state index in [1.54, 1.807) is 0 Å². The molecule has 0 aliphatic rings. The first-order valence-electron chi connectivity index (χ1n) is 20.5. The van der Waals surface area contributed by atoms with Crippen LogP contribution in [0, 0.1) is 0 Å². The lowest BCUT2D eigenvalue weighted by molar-refractivity contribution is -0.144. The monoisotopic (exact) mass is 950 g/mol. The van der Waals surface area contributed by atoms with Crippen molar-refractivity contribution in [3.8, 4) is 0 Å². The molecule has 0 fully saturated rings. The highest BCUT2D eigenvalue weighted by molar-refractivity contribution is 8.69. The first kappa shape index (κ1) is 57.2. The lowest BCUT2D eigenvalue weighted by Crippen LogP contribution is -2.20. The van der Waals surface area contributed by atoms with Gasteiger partial charge in [0.2, 0.25) is 17.1 Å². The summed E-state index contributed by atoms with van der Waals surface area (Å²) < 4.78 is 44.1. The minimum Gasteiger partial charge on any atom is -0.463 e. The zero-order valence-corrected chi connectivity index (χ0v) is 43.2. The number of esters is 1. The summed E-state index contributed by atoms with van der Waals surface area (Å²) in [6.45, 7) is 20.0. The van der Waals surface area contributed by atoms with Gasteiger partial charge in [0.05, 0.1) is 49.7 Å². The number of aliphatic hydroxyl groups excluding tert-OH is 1. The Hall–Kier alpha value is 2.19. The molecule has 0 amide bonds. The molecule has 0 aliphatic heterocycles. The predicted octanol–water partition coefficient (Wildman–Crippen LogP) is 13.8. The largest absolute Gasteiger partial charge is 0.463 e. The Morgan fingerprint density at radius 3 is 1.24 bits per heavy atom. The molecule has 1 N–H and O–H groups in total. The third-order valence-electron chi connectivity index (χ3n) is 7.42. The van der Waals surface area contributed by atoms with Crippen LogP contribution in [0.5, 0.6) is 0 Å². The Morgan fingerprint density at radius 1 is 0.545 bits per heavy atom. The van der Waals surface area contributed by atoms with Gasteiger partial charge >= 0.3 is 5.97 Å². The Balaban J connectivity index is 6.58. The molecule has 0 aromatic rings. The number of hydrogen-bond donors (Lipinski definition) is 1. The van der Waals surface area contributed by atoms with Gasteiger partial charge in [0.15, 0.2) is 0 Å². The van der Waals surface area contributed by atoms with Crippen LogP contribution in [-0.2, 0) is 72.1 Å². The molecule has 0 aliphatic carbocycles. The molecule has 0 spiro atoms. The minimum absolute atomic E-state index is 0.0363. The summed E-state index contributed by atoms with van der Waals surface area (Å²) >= 11 is 22.9. The van der Waals surface area contributed by atoms with Gasteiger partial charge in [0.25, 0.3) is 0 Å². The van der Waals surface area contributed by atoms with Gasteiger partial charge in [0.1, 0.15) is 6.61 Å². The van der Waals surface area contributed by atoms with E-state index < -0.39 is 23.0 Å². The normalized spacial score (nSPS) is 15.0. The van der Waals surface area contributed by atoms with Crippen molar-refractivity contribution in [3.63, 3.8) is 0 Å². The van der Waals surface area contributed by atoms with Crippen molar-refractivity contribution in [1.29, 1.82) is 0 Å². The van der Waals surface area contributed by atoms with E-state index in [-0.39, 0.29) is 56.3 Å². The number of hydrogen-bond acceptors (Lipinski definition) is 15. The quantitative estimate of drug-likeness (QED) is 0.0361. The lowest BCUT2D eigenvalue weighted by Gasteiger charge is -2.33. The highest BCUT2D eigenvalue weighted by Gasteiger charge is 2.33. The molecule has 0 radical (unpaired) electrons. The van der Waals surface area contributed by atoms with Gasteiger partial charge in [-0.25, -0.2) is 0 Å². The van der Waals surface area contributed by atoms with Gasteiger partial charge in [0, 0.05) is 17.3 Å². The van der Waals surface area contributed by atoms with Crippen LogP contribution in [0.4, 0.5) is 0 Å². The predicted molar refractivity (Wildman–Crippen MR) is 254 cm³/mol. The van der Waals surface area contributed by atoms with E-state index in [9.17, 15) is 4.79 Å². The van der Waals surface area contributed by atoms with Crippen LogP contribution in [0.3, 0.4) is 0 Å². The Labute approximate surface area is 364 Å². The molecular weight excluding hydrogens is 874 g/mol. The summed E-state index contributed by atoms with van der Waals surface area (Å²) in [4.78, 5) is 12.5. The maximum absolute atomic E-state index is 12.5. The molecule has 330 valence electrons. The second kappa shape index (κ2) is 33.8. The lowest BCUT2D eigenvalue weighted by atomic mass is 10.1. The number of rotatable bonds is 38. The zero-order chi connectivity index (χ0) is 41.8. The fourth-order valence-corrected chi connectivity index (χ4v) is 22.1. The first-order valence-corrected chi connectivity index (χ1v) is 33.2. The standard InChI is InChI=1S/C37H77O9P3S6/c1-11-13-15-17-19-21-23-35(29-54-47(50,41-31(3)4)42-32(5)6)45-49(52,53-28-25-37(39)40-27-26-38)46-36(24-22-20-18-16-14-12-2)30-55-48(51,43-33(7)8)44-34(9)10/h31-36,38H,11-30H2,1-10H3. The Morgan fingerprint density at radius 2 is 0.891 bits per heavy atom. The number of carbonyl (C=O) groups is 1. The van der Waals surface area contributed by atoms with Crippen LogP contribution >= 0.6 is 51.2 Å². The van der Waals surface area contributed by atoms with Crippen molar-refractivity contribution in [3.05, 3.63) is 0 Å². The van der Waals surface area contributed by atoms with Crippen molar-refractivity contribution < 1.29 is 41.8 Å². The molecule has 55 heavy (non-hydrogen) atoms. The van der Waals surface area contributed by atoms with E-state index in [4.69, 9.17) is 72.4 Å². The van der Waals surface area contributed by atoms with Crippen LogP contribution in [0.1, 0.15) is 166 Å². The molecular formula is C37H77O9P3S6. The van der Waals surface area contributed by atoms with Crippen LogP contribution in [0.15, 0.2) is 0 Å². The SMILES string of the molecule is CCCCCCCCC(CSP(=S)(OC(C)C)OC(C)C)OP(=S)(OC(CCCCCCCC)CSP(=S)(OC(C)C)OC(C)C)SCCC(=O)OCCO. The van der Waals surface area contributed by atoms with Crippen LogP contribution in [0.25, 0.3) is 0 Å². The van der Waals surface area contributed by atoms with E-state index >= 15 is 0 Å². The van der Waals surface area contributed by atoms with Crippen molar-refractivity contribution in [2.45, 2.75) is 202 Å². The second-order valence-electron chi connectivity index (χ2n) is 14.6. The molecule has 0 aromatic carbocycles. The number of aliphatic hydroxyl groups is 1. The van der Waals surface area contributed by atoms with Gasteiger partial charge in [-0.05, 0) is 104 Å². The summed E-state index contributed by atoms with van der Waals surface area (Å²) in [5.41, 5.74) is -8.41. The molecule has 0 rings (SSSR count). The average Bonchev–Trinajstić information content (AvgIpc) is 3.06. The highest BCUT2D eigenvalue weighted by atomic mass is 32.9. The van der Waals surface area contributed by atoms with E-state index in [0.29, 0.717) is 17.3 Å². The number of carbonyl (C=O) groups excluding carboxylic acids is 1. The molecule has 0 aromatic heterocycles. The van der Waals surface area contributed by atoms with Gasteiger partial charge in [-0.3, -0.25) is 4.79 Å². The van der Waals surface area contributed by atoms with Crippen molar-refractivity contribution in [2.75, 3.05) is 30.5 Å². The average molecular weight is 951 g/mol. The topological polar surface area (TPSA) is 102 Å². The van der Waals surface area contributed by atoms with E-state index in [1.807, 2.05) is 55.4 Å². The third kappa shape index (κ3) is 32.6. The third-order valence-corrected chi connectivity index (χ3v) is 23.9. The van der Waals surface area contributed by atoms with Gasteiger partial charge in [-0.1, -0.05) is 125 Å². The summed E-state index contributed by atoms with van der Waals surface area (Å²) in [6, 6.07) is 0. The minimum atomic E-state index is -3.06. The van der Waals surface area contributed by atoms with Crippen molar-refractivity contribution in [2.24, 2.45) is 0 Å². The van der Waals surface area contributed by atoms with Gasteiger partial charge in [-0.2, -0.15) is 0 Å². The fraction of sp³-hybridized carbons (Fsp3) is 0.973. The first-order chi connectivity index (χ1) is 25.9. The summed E-state index contributed by atoms with van der Waals surface area (Å²) in [7, 11) is 0. The van der Waals surface area contributed by atoms with Crippen LogP contribution in [0.2, 0.25) is 0 Å². The fourth-order valence-electron chi connectivity index (χ4n) is 5.11. The molecule has 9 nitrogen and oxygen atoms in total. The summed E-state index contributed by atoms with van der Waals surface area (Å²) in [5, 5.41) is 9.15. The van der Waals surface area contributed by atoms with E-state index in [0.717, 1.165) is 38.5 Å².